The molecule has 0 bridgehead atoms. The molecule has 0 radical (unpaired) electrons. The molecule has 0 spiro atoms. The zero-order valence-electron chi connectivity index (χ0n) is 11.8. The van der Waals surface area contributed by atoms with E-state index in [0.29, 0.717) is 5.92 Å². The maximum atomic E-state index is 12.7. The molecule has 3 rings (SSSR count). The molecule has 0 saturated heterocycles. The van der Waals surface area contributed by atoms with Crippen molar-refractivity contribution in [2.45, 2.75) is 36.5 Å². The summed E-state index contributed by atoms with van der Waals surface area (Å²) in [6.45, 7) is 4.47. The molecular weight excluding hydrogens is 266 g/mol. The van der Waals surface area contributed by atoms with Crippen LogP contribution in [0.2, 0.25) is 0 Å². The first-order valence-corrected chi connectivity index (χ1v) is 8.25. The highest BCUT2D eigenvalue weighted by molar-refractivity contribution is 7.85. The van der Waals surface area contributed by atoms with Gasteiger partial charge in [-0.05, 0) is 36.1 Å². The van der Waals surface area contributed by atoms with E-state index in [4.69, 9.17) is 0 Å². The van der Waals surface area contributed by atoms with Crippen LogP contribution in [0.3, 0.4) is 0 Å². The lowest BCUT2D eigenvalue weighted by Gasteiger charge is -2.24. The van der Waals surface area contributed by atoms with Crippen LogP contribution < -0.4 is 5.32 Å². The van der Waals surface area contributed by atoms with Gasteiger partial charge >= 0.3 is 0 Å². The number of rotatable bonds is 3. The summed E-state index contributed by atoms with van der Waals surface area (Å²) in [5.74, 6) is 0.633. The molecule has 2 atom stereocenters. The maximum absolute atomic E-state index is 12.7. The fourth-order valence-corrected chi connectivity index (χ4v) is 3.88. The van der Waals surface area contributed by atoms with Gasteiger partial charge in [-0.2, -0.15) is 0 Å². The summed E-state index contributed by atoms with van der Waals surface area (Å²) in [4.78, 5) is 1.78. The maximum Gasteiger partial charge on any atom is 0.0892 e. The van der Waals surface area contributed by atoms with Crippen LogP contribution in [0.1, 0.15) is 25.8 Å². The molecule has 1 aliphatic heterocycles. The molecule has 1 N–H and O–H groups in total. The summed E-state index contributed by atoms with van der Waals surface area (Å²) in [5.41, 5.74) is 3.28. The van der Waals surface area contributed by atoms with Gasteiger partial charge in [-0.3, -0.25) is 0 Å². The van der Waals surface area contributed by atoms with Crippen LogP contribution >= 0.6 is 0 Å². The monoisotopic (exact) mass is 285 g/mol. The van der Waals surface area contributed by atoms with Crippen molar-refractivity contribution < 1.29 is 4.21 Å². The first kappa shape index (κ1) is 13.4. The number of benzene rings is 2. The first-order valence-electron chi connectivity index (χ1n) is 7.10. The molecule has 0 saturated carbocycles. The Labute approximate surface area is 122 Å². The average Bonchev–Trinajstić information content (AvgIpc) is 2.48. The molecule has 2 nitrogen and oxygen atoms in total. The molecule has 1 heterocycles. The van der Waals surface area contributed by atoms with Crippen molar-refractivity contribution in [1.29, 1.82) is 0 Å². The smallest absolute Gasteiger partial charge is 0.0892 e. The van der Waals surface area contributed by atoms with Crippen molar-refractivity contribution in [2.75, 3.05) is 5.32 Å². The minimum atomic E-state index is -1.08. The average molecular weight is 285 g/mol. The Morgan fingerprint density at radius 3 is 2.65 bits per heavy atom. The fraction of sp³-hybridized carbons (Fsp3) is 0.294. The van der Waals surface area contributed by atoms with Gasteiger partial charge in [0.15, 0.2) is 0 Å². The van der Waals surface area contributed by atoms with Gasteiger partial charge in [0.1, 0.15) is 0 Å². The number of fused-ring (bicyclic) bond motifs is 2. The molecule has 2 aromatic rings. The van der Waals surface area contributed by atoms with E-state index < -0.39 is 10.8 Å². The Kier molecular flexibility index (Phi) is 3.62. The minimum Gasteiger partial charge on any atom is -0.353 e. The van der Waals surface area contributed by atoms with Crippen molar-refractivity contribution in [3.05, 3.63) is 48.0 Å². The second-order valence-corrected chi connectivity index (χ2v) is 6.81. The van der Waals surface area contributed by atoms with Crippen molar-refractivity contribution in [3.8, 4) is 0 Å². The molecule has 0 amide bonds. The number of anilines is 2. The lowest BCUT2D eigenvalue weighted by Crippen LogP contribution is -2.12. The largest absolute Gasteiger partial charge is 0.353 e. The molecule has 104 valence electrons. The lowest BCUT2D eigenvalue weighted by atomic mass is 9.97. The Morgan fingerprint density at radius 2 is 1.85 bits per heavy atom. The minimum absolute atomic E-state index is 0.633. The normalized spacial score (nSPS) is 17.8. The van der Waals surface area contributed by atoms with Gasteiger partial charge < -0.3 is 5.32 Å². The van der Waals surface area contributed by atoms with E-state index in [2.05, 4.69) is 25.2 Å². The van der Waals surface area contributed by atoms with Crippen molar-refractivity contribution in [1.82, 2.24) is 0 Å². The third kappa shape index (κ3) is 2.27. The van der Waals surface area contributed by atoms with E-state index in [1.807, 2.05) is 36.4 Å². The van der Waals surface area contributed by atoms with Gasteiger partial charge in [0, 0.05) is 0 Å². The Balaban J connectivity index is 2.06. The van der Waals surface area contributed by atoms with E-state index in [1.54, 1.807) is 0 Å². The van der Waals surface area contributed by atoms with Crippen molar-refractivity contribution in [3.63, 3.8) is 0 Å². The SMILES string of the molecule is CCC(C)Cc1cccc2c1Nc1ccccc1S2=O. The highest BCUT2D eigenvalue weighted by atomic mass is 32.2. The van der Waals surface area contributed by atoms with Gasteiger partial charge in [0.05, 0.1) is 32.0 Å². The van der Waals surface area contributed by atoms with Crippen LogP contribution in [0.25, 0.3) is 0 Å². The summed E-state index contributed by atoms with van der Waals surface area (Å²) in [7, 11) is -1.08. The Hall–Kier alpha value is -1.61. The number of hydrogen-bond donors (Lipinski definition) is 1. The molecule has 0 aromatic heterocycles. The van der Waals surface area contributed by atoms with Crippen LogP contribution in [-0.2, 0) is 17.2 Å². The third-order valence-corrected chi connectivity index (χ3v) is 5.42. The van der Waals surface area contributed by atoms with Crippen LogP contribution in [0, 0.1) is 5.92 Å². The third-order valence-electron chi connectivity index (χ3n) is 3.92. The van der Waals surface area contributed by atoms with Crippen molar-refractivity contribution in [2.24, 2.45) is 5.92 Å². The number of hydrogen-bond acceptors (Lipinski definition) is 2. The zero-order chi connectivity index (χ0) is 14.1. The highest BCUT2D eigenvalue weighted by Gasteiger charge is 2.23. The highest BCUT2D eigenvalue weighted by Crippen LogP contribution is 2.39. The van der Waals surface area contributed by atoms with Crippen LogP contribution in [0.5, 0.6) is 0 Å². The fourth-order valence-electron chi connectivity index (χ4n) is 2.55. The van der Waals surface area contributed by atoms with Gasteiger partial charge in [-0.15, -0.1) is 0 Å². The summed E-state index contributed by atoms with van der Waals surface area (Å²) in [6.07, 6.45) is 2.18. The zero-order valence-corrected chi connectivity index (χ0v) is 12.7. The summed E-state index contributed by atoms with van der Waals surface area (Å²) >= 11 is 0. The van der Waals surface area contributed by atoms with E-state index in [0.717, 1.165) is 34.0 Å². The second-order valence-electron chi connectivity index (χ2n) is 5.40. The molecule has 0 fully saturated rings. The Morgan fingerprint density at radius 1 is 1.10 bits per heavy atom. The first-order chi connectivity index (χ1) is 9.70. The topological polar surface area (TPSA) is 29.1 Å². The second kappa shape index (κ2) is 5.41. The van der Waals surface area contributed by atoms with E-state index in [9.17, 15) is 4.21 Å². The van der Waals surface area contributed by atoms with Gasteiger partial charge in [0.25, 0.3) is 0 Å². The molecule has 2 unspecified atom stereocenters. The Bertz CT molecular complexity index is 666. The molecule has 2 aromatic carbocycles. The standard InChI is InChI=1S/C17H19NOS/c1-3-12(2)11-13-7-6-10-16-17(13)18-14-8-4-5-9-15(14)20(16)19/h4-10,12,18H,3,11H2,1-2H3. The van der Waals surface area contributed by atoms with Gasteiger partial charge in [-0.25, -0.2) is 4.21 Å². The lowest BCUT2D eigenvalue weighted by molar-refractivity contribution is 0.560. The molecule has 0 aliphatic carbocycles. The summed E-state index contributed by atoms with van der Waals surface area (Å²) in [6, 6.07) is 14.0. The van der Waals surface area contributed by atoms with Crippen LogP contribution in [0.15, 0.2) is 52.3 Å². The van der Waals surface area contributed by atoms with E-state index >= 15 is 0 Å². The summed E-state index contributed by atoms with van der Waals surface area (Å²) in [5, 5.41) is 3.48. The predicted molar refractivity (Wildman–Crippen MR) is 84.0 cm³/mol. The predicted octanol–water partition coefficient (Wildman–Crippen LogP) is 4.50. The number of para-hydroxylation sites is 2. The molecule has 3 heteroatoms. The van der Waals surface area contributed by atoms with Crippen molar-refractivity contribution >= 4 is 22.2 Å². The van der Waals surface area contributed by atoms with E-state index in [1.165, 1.54) is 5.56 Å². The molecule has 20 heavy (non-hydrogen) atoms. The van der Waals surface area contributed by atoms with Gasteiger partial charge in [-0.1, -0.05) is 44.5 Å². The number of nitrogens with one attached hydrogen (secondary N) is 1. The molecular formula is C17H19NOS. The van der Waals surface area contributed by atoms with Gasteiger partial charge in [0.2, 0.25) is 0 Å². The summed E-state index contributed by atoms with van der Waals surface area (Å²) < 4.78 is 12.7. The van der Waals surface area contributed by atoms with E-state index in [-0.39, 0.29) is 0 Å². The van der Waals surface area contributed by atoms with Crippen LogP contribution in [0.4, 0.5) is 11.4 Å². The molecule has 1 aliphatic rings. The van der Waals surface area contributed by atoms with Crippen LogP contribution in [-0.4, -0.2) is 4.21 Å². The quantitative estimate of drug-likeness (QED) is 0.767.